The number of fused-ring (bicyclic) bond motifs is 1. The highest BCUT2D eigenvalue weighted by Crippen LogP contribution is 2.26. The van der Waals surface area contributed by atoms with E-state index in [9.17, 15) is 4.79 Å². The molecule has 3 aromatic rings. The smallest absolute Gasteiger partial charge is 0.280 e. The zero-order valence-corrected chi connectivity index (χ0v) is 11.8. The van der Waals surface area contributed by atoms with Gasteiger partial charge in [0.15, 0.2) is 0 Å². The second kappa shape index (κ2) is 5.28. The van der Waals surface area contributed by atoms with Crippen molar-refractivity contribution >= 4 is 22.5 Å². The minimum absolute atomic E-state index is 0.195. The Morgan fingerprint density at radius 2 is 1.86 bits per heavy atom. The quantitative estimate of drug-likeness (QED) is 0.802. The van der Waals surface area contributed by atoms with Gasteiger partial charge in [-0.05, 0) is 24.3 Å². The fourth-order valence-electron chi connectivity index (χ4n) is 2.35. The predicted octanol–water partition coefficient (Wildman–Crippen LogP) is 2.78. The van der Waals surface area contributed by atoms with Crippen LogP contribution in [0.15, 0.2) is 48.5 Å². The van der Waals surface area contributed by atoms with E-state index in [1.807, 2.05) is 42.5 Å². The number of nitrogens with one attached hydrogen (secondary N) is 1. The number of anilines is 1. The second-order valence-electron chi connectivity index (χ2n) is 4.54. The molecule has 3 rings (SSSR count). The SMILES string of the molecule is CNc1ccccc1C(=O)n1nc(OC)c2ccccc21. The molecule has 0 fully saturated rings. The number of carbonyl (C=O) groups excluding carboxylic acids is 1. The van der Waals surface area contributed by atoms with Crippen molar-refractivity contribution in [1.29, 1.82) is 0 Å². The van der Waals surface area contributed by atoms with Crippen LogP contribution in [0.1, 0.15) is 10.4 Å². The Morgan fingerprint density at radius 3 is 2.62 bits per heavy atom. The van der Waals surface area contributed by atoms with Gasteiger partial charge in [0, 0.05) is 12.7 Å². The molecule has 0 saturated carbocycles. The standard InChI is InChI=1S/C16H15N3O2/c1-17-13-9-5-3-7-11(13)16(20)19-14-10-6-4-8-12(14)15(18-19)21-2/h3-10,17H,1-2H3. The van der Waals surface area contributed by atoms with Crippen LogP contribution in [0.3, 0.4) is 0 Å². The van der Waals surface area contributed by atoms with E-state index in [1.54, 1.807) is 20.2 Å². The highest BCUT2D eigenvalue weighted by Gasteiger charge is 2.19. The molecule has 0 aliphatic rings. The van der Waals surface area contributed by atoms with Gasteiger partial charge in [-0.15, -0.1) is 5.10 Å². The van der Waals surface area contributed by atoms with Gasteiger partial charge in [-0.2, -0.15) is 4.68 Å². The number of para-hydroxylation sites is 2. The molecule has 0 aliphatic carbocycles. The van der Waals surface area contributed by atoms with E-state index in [-0.39, 0.29) is 5.91 Å². The lowest BCUT2D eigenvalue weighted by molar-refractivity contribution is 0.0949. The Labute approximate surface area is 122 Å². The molecule has 0 saturated heterocycles. The van der Waals surface area contributed by atoms with E-state index < -0.39 is 0 Å². The number of ether oxygens (including phenoxy) is 1. The van der Waals surface area contributed by atoms with Gasteiger partial charge in [0.2, 0.25) is 5.88 Å². The van der Waals surface area contributed by atoms with Crippen molar-refractivity contribution in [2.75, 3.05) is 19.5 Å². The van der Waals surface area contributed by atoms with Crippen LogP contribution in [-0.4, -0.2) is 29.8 Å². The van der Waals surface area contributed by atoms with Crippen LogP contribution >= 0.6 is 0 Å². The topological polar surface area (TPSA) is 56.2 Å². The summed E-state index contributed by atoms with van der Waals surface area (Å²) in [5.74, 6) is 0.250. The van der Waals surface area contributed by atoms with Gasteiger partial charge >= 0.3 is 0 Å². The van der Waals surface area contributed by atoms with Crippen LogP contribution in [0, 0.1) is 0 Å². The third-order valence-electron chi connectivity index (χ3n) is 3.37. The van der Waals surface area contributed by atoms with Gasteiger partial charge in [-0.25, -0.2) is 0 Å². The average molecular weight is 281 g/mol. The van der Waals surface area contributed by atoms with E-state index in [1.165, 1.54) is 4.68 Å². The summed E-state index contributed by atoms with van der Waals surface area (Å²) in [6.45, 7) is 0. The highest BCUT2D eigenvalue weighted by molar-refractivity contribution is 6.05. The van der Waals surface area contributed by atoms with Gasteiger partial charge in [0.25, 0.3) is 5.91 Å². The van der Waals surface area contributed by atoms with E-state index >= 15 is 0 Å². The Balaban J connectivity index is 2.18. The van der Waals surface area contributed by atoms with Gasteiger partial charge in [-0.3, -0.25) is 4.79 Å². The molecule has 2 aromatic carbocycles. The molecule has 1 aromatic heterocycles. The lowest BCUT2D eigenvalue weighted by Crippen LogP contribution is -2.15. The van der Waals surface area contributed by atoms with Crippen molar-refractivity contribution in [2.24, 2.45) is 0 Å². The first kappa shape index (κ1) is 13.2. The summed E-state index contributed by atoms with van der Waals surface area (Å²) in [5.41, 5.74) is 2.06. The van der Waals surface area contributed by atoms with Crippen molar-refractivity contribution in [1.82, 2.24) is 9.78 Å². The fourth-order valence-corrected chi connectivity index (χ4v) is 2.35. The molecule has 1 N–H and O–H groups in total. The predicted molar refractivity (Wildman–Crippen MR) is 82.0 cm³/mol. The molecular weight excluding hydrogens is 266 g/mol. The molecule has 0 aliphatic heterocycles. The molecule has 106 valence electrons. The average Bonchev–Trinajstić information content (AvgIpc) is 2.93. The zero-order chi connectivity index (χ0) is 14.8. The maximum Gasteiger partial charge on any atom is 0.280 e. The Hall–Kier alpha value is -2.82. The van der Waals surface area contributed by atoms with Gasteiger partial charge in [-0.1, -0.05) is 24.3 Å². The molecule has 5 heteroatoms. The maximum absolute atomic E-state index is 12.8. The van der Waals surface area contributed by atoms with Gasteiger partial charge in [0.05, 0.1) is 23.6 Å². The monoisotopic (exact) mass is 281 g/mol. The van der Waals surface area contributed by atoms with Gasteiger partial charge < -0.3 is 10.1 Å². The molecule has 5 nitrogen and oxygen atoms in total. The Morgan fingerprint density at radius 1 is 1.14 bits per heavy atom. The highest BCUT2D eigenvalue weighted by atomic mass is 16.5. The first-order chi connectivity index (χ1) is 10.3. The number of aromatic nitrogens is 2. The maximum atomic E-state index is 12.8. The fraction of sp³-hybridized carbons (Fsp3) is 0.125. The van der Waals surface area contributed by atoms with Crippen LogP contribution in [0.2, 0.25) is 0 Å². The minimum Gasteiger partial charge on any atom is -0.479 e. The lowest BCUT2D eigenvalue weighted by Gasteiger charge is -2.08. The van der Waals surface area contributed by atoms with E-state index in [4.69, 9.17) is 4.74 Å². The summed E-state index contributed by atoms with van der Waals surface area (Å²) in [4.78, 5) is 12.8. The Bertz CT molecular complexity index is 808. The molecule has 0 atom stereocenters. The summed E-state index contributed by atoms with van der Waals surface area (Å²) in [6, 6.07) is 14.8. The first-order valence-electron chi connectivity index (χ1n) is 6.59. The van der Waals surface area contributed by atoms with Crippen LogP contribution in [0.25, 0.3) is 10.9 Å². The number of rotatable bonds is 3. The summed E-state index contributed by atoms with van der Waals surface area (Å²) in [7, 11) is 3.33. The number of carbonyl (C=O) groups is 1. The Kier molecular flexibility index (Phi) is 3.31. The van der Waals surface area contributed by atoms with E-state index in [0.717, 1.165) is 16.6 Å². The summed E-state index contributed by atoms with van der Waals surface area (Å²) in [6.07, 6.45) is 0. The minimum atomic E-state index is -0.195. The van der Waals surface area contributed by atoms with Crippen LogP contribution in [-0.2, 0) is 0 Å². The van der Waals surface area contributed by atoms with Crippen molar-refractivity contribution in [3.63, 3.8) is 0 Å². The molecular formula is C16H15N3O2. The van der Waals surface area contributed by atoms with Crippen LogP contribution in [0.5, 0.6) is 5.88 Å². The van der Waals surface area contributed by atoms with Gasteiger partial charge in [0.1, 0.15) is 0 Å². The third kappa shape index (κ3) is 2.12. The number of methoxy groups -OCH3 is 1. The zero-order valence-electron chi connectivity index (χ0n) is 11.8. The molecule has 0 bridgehead atoms. The number of nitrogens with zero attached hydrogens (tertiary/aromatic N) is 2. The molecule has 0 spiro atoms. The lowest BCUT2D eigenvalue weighted by atomic mass is 10.1. The third-order valence-corrected chi connectivity index (χ3v) is 3.37. The molecule has 0 amide bonds. The normalized spacial score (nSPS) is 10.6. The largest absolute Gasteiger partial charge is 0.479 e. The number of benzene rings is 2. The molecule has 0 radical (unpaired) electrons. The van der Waals surface area contributed by atoms with Crippen molar-refractivity contribution in [3.05, 3.63) is 54.1 Å². The van der Waals surface area contributed by atoms with Crippen molar-refractivity contribution in [3.8, 4) is 5.88 Å². The van der Waals surface area contributed by atoms with E-state index in [0.29, 0.717) is 11.4 Å². The van der Waals surface area contributed by atoms with Crippen molar-refractivity contribution in [2.45, 2.75) is 0 Å². The molecule has 21 heavy (non-hydrogen) atoms. The molecule has 0 unspecified atom stereocenters. The van der Waals surface area contributed by atoms with Crippen molar-refractivity contribution < 1.29 is 9.53 Å². The van der Waals surface area contributed by atoms with Crippen LogP contribution < -0.4 is 10.1 Å². The second-order valence-corrected chi connectivity index (χ2v) is 4.54. The van der Waals surface area contributed by atoms with E-state index in [2.05, 4.69) is 10.4 Å². The summed E-state index contributed by atoms with van der Waals surface area (Å²) < 4.78 is 6.63. The summed E-state index contributed by atoms with van der Waals surface area (Å²) >= 11 is 0. The number of hydrogen-bond acceptors (Lipinski definition) is 4. The first-order valence-corrected chi connectivity index (χ1v) is 6.59. The summed E-state index contributed by atoms with van der Waals surface area (Å²) in [5, 5.41) is 8.11. The van der Waals surface area contributed by atoms with Crippen LogP contribution in [0.4, 0.5) is 5.69 Å². The number of hydrogen-bond donors (Lipinski definition) is 1. The molecule has 1 heterocycles.